The molecule has 1 saturated heterocycles. The van der Waals surface area contributed by atoms with E-state index >= 15 is 0 Å². The third kappa shape index (κ3) is 3.77. The molecule has 0 aromatic carbocycles. The van der Waals surface area contributed by atoms with E-state index in [4.69, 9.17) is 0 Å². The second kappa shape index (κ2) is 8.10. The van der Waals surface area contributed by atoms with E-state index in [1.54, 1.807) is 23.2 Å². The summed E-state index contributed by atoms with van der Waals surface area (Å²) in [6.07, 6.45) is 11.6. The number of hydrogen-bond donors (Lipinski definition) is 2. The number of fused-ring (bicyclic) bond motifs is 1. The zero-order valence-electron chi connectivity index (χ0n) is 15.9. The lowest BCUT2D eigenvalue weighted by Crippen LogP contribution is -2.48. The first-order chi connectivity index (χ1) is 13.7. The van der Waals surface area contributed by atoms with Crippen LogP contribution in [0.2, 0.25) is 0 Å². The Morgan fingerprint density at radius 3 is 2.79 bits per heavy atom. The number of allylic oxidation sites excluding steroid dienone is 1. The van der Waals surface area contributed by atoms with Crippen molar-refractivity contribution in [2.24, 2.45) is 0 Å². The Morgan fingerprint density at radius 1 is 1.29 bits per heavy atom. The van der Waals surface area contributed by atoms with Crippen LogP contribution in [0.15, 0.2) is 31.2 Å². The molecule has 0 saturated carbocycles. The molecule has 0 spiro atoms. The molecule has 28 heavy (non-hydrogen) atoms. The standard InChI is InChI=1S/C20H26N6O2/c1-2-9-26-17-4-3-15(12-16(17)19(24-26)20(27)28)23-14-5-10-25(11-6-14)18-13-21-7-8-22-18/h2,7-8,13-15,23H,1,3-6,9-12H2,(H,27,28)/t15-/m1/s1. The number of aromatic nitrogens is 4. The molecule has 8 nitrogen and oxygen atoms in total. The van der Waals surface area contributed by atoms with Crippen molar-refractivity contribution in [3.63, 3.8) is 0 Å². The van der Waals surface area contributed by atoms with E-state index in [2.05, 4.69) is 31.9 Å². The van der Waals surface area contributed by atoms with Crippen LogP contribution in [0.3, 0.4) is 0 Å². The van der Waals surface area contributed by atoms with E-state index in [0.29, 0.717) is 18.6 Å². The largest absolute Gasteiger partial charge is 0.476 e. The highest BCUT2D eigenvalue weighted by molar-refractivity contribution is 5.87. The fourth-order valence-corrected chi connectivity index (χ4v) is 4.34. The second-order valence-corrected chi connectivity index (χ2v) is 7.48. The van der Waals surface area contributed by atoms with Crippen LogP contribution < -0.4 is 10.2 Å². The minimum absolute atomic E-state index is 0.195. The first kappa shape index (κ1) is 18.6. The van der Waals surface area contributed by atoms with Crippen LogP contribution in [-0.2, 0) is 19.4 Å². The molecular formula is C20H26N6O2. The zero-order valence-corrected chi connectivity index (χ0v) is 15.9. The van der Waals surface area contributed by atoms with Gasteiger partial charge in [-0.25, -0.2) is 9.78 Å². The Labute approximate surface area is 164 Å². The van der Waals surface area contributed by atoms with Crippen molar-refractivity contribution in [3.05, 3.63) is 48.2 Å². The van der Waals surface area contributed by atoms with E-state index < -0.39 is 5.97 Å². The quantitative estimate of drug-likeness (QED) is 0.734. The summed E-state index contributed by atoms with van der Waals surface area (Å²) in [5, 5.41) is 17.6. The van der Waals surface area contributed by atoms with Crippen molar-refractivity contribution in [1.82, 2.24) is 25.1 Å². The highest BCUT2D eigenvalue weighted by Crippen LogP contribution is 2.26. The van der Waals surface area contributed by atoms with Gasteiger partial charge in [0.1, 0.15) is 5.82 Å². The average molecular weight is 382 g/mol. The van der Waals surface area contributed by atoms with Gasteiger partial charge in [-0.05, 0) is 32.1 Å². The van der Waals surface area contributed by atoms with E-state index in [0.717, 1.165) is 62.3 Å². The molecular weight excluding hydrogens is 356 g/mol. The normalized spacial score (nSPS) is 20.0. The molecule has 8 heteroatoms. The predicted molar refractivity (Wildman–Crippen MR) is 106 cm³/mol. The summed E-state index contributed by atoms with van der Waals surface area (Å²) >= 11 is 0. The fraction of sp³-hybridized carbons (Fsp3) is 0.500. The SMILES string of the molecule is C=CCn1nc(C(=O)O)c2c1CC[C@@H](NC1CCN(c3cnccn3)CC1)C2. The van der Waals surface area contributed by atoms with Crippen molar-refractivity contribution in [3.8, 4) is 0 Å². The number of carboxylic acids is 1. The van der Waals surface area contributed by atoms with Crippen LogP contribution in [0.4, 0.5) is 5.82 Å². The maximum absolute atomic E-state index is 11.6. The van der Waals surface area contributed by atoms with Crippen molar-refractivity contribution in [1.29, 1.82) is 0 Å². The Morgan fingerprint density at radius 2 is 2.11 bits per heavy atom. The summed E-state index contributed by atoms with van der Waals surface area (Å²) < 4.78 is 1.79. The molecule has 1 aliphatic heterocycles. The number of nitrogens with zero attached hydrogens (tertiary/aromatic N) is 5. The van der Waals surface area contributed by atoms with Crippen LogP contribution in [0.25, 0.3) is 0 Å². The van der Waals surface area contributed by atoms with Gasteiger partial charge in [-0.15, -0.1) is 6.58 Å². The van der Waals surface area contributed by atoms with Gasteiger partial charge in [-0.2, -0.15) is 5.10 Å². The first-order valence-corrected chi connectivity index (χ1v) is 9.85. The van der Waals surface area contributed by atoms with Gasteiger partial charge >= 0.3 is 5.97 Å². The molecule has 2 aliphatic rings. The molecule has 0 radical (unpaired) electrons. The third-order valence-electron chi connectivity index (χ3n) is 5.69. The summed E-state index contributed by atoms with van der Waals surface area (Å²) in [5.74, 6) is -0.0130. The van der Waals surface area contributed by atoms with Crippen LogP contribution in [-0.4, -0.2) is 56.0 Å². The molecule has 1 aliphatic carbocycles. The lowest BCUT2D eigenvalue weighted by atomic mass is 9.90. The minimum atomic E-state index is -0.947. The molecule has 0 amide bonds. The Balaban J connectivity index is 1.38. The van der Waals surface area contributed by atoms with Crippen molar-refractivity contribution in [2.45, 2.75) is 50.7 Å². The van der Waals surface area contributed by atoms with Crippen LogP contribution >= 0.6 is 0 Å². The van der Waals surface area contributed by atoms with E-state index in [1.807, 2.05) is 6.20 Å². The summed E-state index contributed by atoms with van der Waals surface area (Å²) in [5.41, 5.74) is 2.13. The number of nitrogens with one attached hydrogen (secondary N) is 1. The average Bonchev–Trinajstić information content (AvgIpc) is 3.08. The van der Waals surface area contributed by atoms with Gasteiger partial charge in [-0.1, -0.05) is 6.08 Å². The summed E-state index contributed by atoms with van der Waals surface area (Å²) in [6.45, 7) is 6.20. The predicted octanol–water partition coefficient (Wildman–Crippen LogP) is 1.67. The van der Waals surface area contributed by atoms with Gasteiger partial charge in [-0.3, -0.25) is 9.67 Å². The Hall–Kier alpha value is -2.74. The topological polar surface area (TPSA) is 96.2 Å². The van der Waals surface area contributed by atoms with Crippen molar-refractivity contribution < 1.29 is 9.90 Å². The van der Waals surface area contributed by atoms with Crippen LogP contribution in [0, 0.1) is 0 Å². The molecule has 1 atom stereocenters. The van der Waals surface area contributed by atoms with Crippen molar-refractivity contribution >= 4 is 11.8 Å². The van der Waals surface area contributed by atoms with Crippen molar-refractivity contribution in [2.75, 3.05) is 18.0 Å². The molecule has 148 valence electrons. The number of carbonyl (C=O) groups is 1. The fourth-order valence-electron chi connectivity index (χ4n) is 4.34. The molecule has 1 fully saturated rings. The van der Waals surface area contributed by atoms with Gasteiger partial charge in [0.15, 0.2) is 5.69 Å². The molecule has 0 bridgehead atoms. The molecule has 3 heterocycles. The van der Waals surface area contributed by atoms with E-state index in [-0.39, 0.29) is 5.69 Å². The number of carboxylic acid groups (broad SMARTS) is 1. The summed E-state index contributed by atoms with van der Waals surface area (Å²) in [4.78, 5) is 22.4. The summed E-state index contributed by atoms with van der Waals surface area (Å²) in [6, 6.07) is 0.732. The molecule has 2 aromatic heterocycles. The Bertz CT molecular complexity index is 842. The first-order valence-electron chi connectivity index (χ1n) is 9.85. The number of rotatable bonds is 6. The lowest BCUT2D eigenvalue weighted by molar-refractivity contribution is 0.0688. The van der Waals surface area contributed by atoms with E-state index in [9.17, 15) is 9.90 Å². The van der Waals surface area contributed by atoms with Gasteiger partial charge in [0.05, 0.1) is 12.7 Å². The minimum Gasteiger partial charge on any atom is -0.476 e. The number of piperidine rings is 1. The second-order valence-electron chi connectivity index (χ2n) is 7.48. The highest BCUT2D eigenvalue weighted by atomic mass is 16.4. The highest BCUT2D eigenvalue weighted by Gasteiger charge is 2.30. The molecule has 2 aromatic rings. The van der Waals surface area contributed by atoms with Gasteiger partial charge in [0.2, 0.25) is 0 Å². The summed E-state index contributed by atoms with van der Waals surface area (Å²) in [7, 11) is 0. The number of aromatic carboxylic acids is 1. The number of hydrogen-bond acceptors (Lipinski definition) is 6. The molecule has 2 N–H and O–H groups in total. The van der Waals surface area contributed by atoms with Gasteiger partial charge in [0.25, 0.3) is 0 Å². The maximum Gasteiger partial charge on any atom is 0.356 e. The van der Waals surface area contributed by atoms with Gasteiger partial charge < -0.3 is 15.3 Å². The van der Waals surface area contributed by atoms with Gasteiger partial charge in [0, 0.05) is 48.8 Å². The molecule has 0 unspecified atom stereocenters. The van der Waals surface area contributed by atoms with E-state index in [1.165, 1.54) is 0 Å². The van der Waals surface area contributed by atoms with Crippen LogP contribution in [0.1, 0.15) is 41.0 Å². The Kier molecular flexibility index (Phi) is 5.38. The maximum atomic E-state index is 11.6. The third-order valence-corrected chi connectivity index (χ3v) is 5.69. The molecule has 4 rings (SSSR count). The number of anilines is 1. The van der Waals surface area contributed by atoms with Crippen LogP contribution in [0.5, 0.6) is 0 Å². The smallest absolute Gasteiger partial charge is 0.356 e. The monoisotopic (exact) mass is 382 g/mol. The lowest BCUT2D eigenvalue weighted by Gasteiger charge is -2.36. The zero-order chi connectivity index (χ0) is 19.5.